The number of amides is 1. The number of fused-ring (bicyclic) bond motifs is 1. The monoisotopic (exact) mass is 490 g/mol. The average molecular weight is 491 g/mol. The Morgan fingerprint density at radius 3 is 2.58 bits per heavy atom. The molecule has 5 rings (SSSR count). The first-order chi connectivity index (χ1) is 17.4. The van der Waals surface area contributed by atoms with Gasteiger partial charge in [0.15, 0.2) is 17.3 Å². The number of furan rings is 1. The lowest BCUT2D eigenvalue weighted by Gasteiger charge is -2.38. The molecule has 0 unspecified atom stereocenters. The molecule has 36 heavy (non-hydrogen) atoms. The predicted octanol–water partition coefficient (Wildman–Crippen LogP) is 3.92. The number of benzene rings is 2. The molecule has 0 saturated carbocycles. The van der Waals surface area contributed by atoms with Crippen molar-refractivity contribution in [1.29, 1.82) is 0 Å². The Bertz CT molecular complexity index is 1380. The van der Waals surface area contributed by atoms with E-state index in [1.54, 1.807) is 43.2 Å². The zero-order valence-corrected chi connectivity index (χ0v) is 20.7. The molecule has 2 N–H and O–H groups in total. The maximum absolute atomic E-state index is 12.8. The van der Waals surface area contributed by atoms with E-state index in [0.29, 0.717) is 35.6 Å². The van der Waals surface area contributed by atoms with Crippen LogP contribution in [-0.4, -0.2) is 53.0 Å². The van der Waals surface area contributed by atoms with Crippen LogP contribution in [0.25, 0.3) is 11.0 Å². The van der Waals surface area contributed by atoms with E-state index in [0.717, 1.165) is 30.6 Å². The van der Waals surface area contributed by atoms with Gasteiger partial charge in [0.2, 0.25) is 0 Å². The lowest BCUT2D eigenvalue weighted by Crippen LogP contribution is -2.42. The number of piperidine rings is 1. The number of methoxy groups -OCH3 is 2. The van der Waals surface area contributed by atoms with Crippen LogP contribution in [0.5, 0.6) is 11.5 Å². The quantitative estimate of drug-likeness (QED) is 0.405. The molecule has 4 aromatic rings. The van der Waals surface area contributed by atoms with Crippen molar-refractivity contribution >= 4 is 22.6 Å². The number of rotatable bonds is 7. The average Bonchev–Trinajstić information content (AvgIpc) is 3.50. The van der Waals surface area contributed by atoms with E-state index in [2.05, 4.69) is 15.3 Å². The van der Waals surface area contributed by atoms with E-state index >= 15 is 0 Å². The molecule has 3 heterocycles. The van der Waals surface area contributed by atoms with Crippen LogP contribution in [0, 0.1) is 0 Å². The van der Waals surface area contributed by atoms with Crippen LogP contribution in [0.3, 0.4) is 0 Å². The van der Waals surface area contributed by atoms with Crippen LogP contribution >= 0.6 is 0 Å². The van der Waals surface area contributed by atoms with Crippen LogP contribution < -0.4 is 14.8 Å². The van der Waals surface area contributed by atoms with E-state index in [1.165, 1.54) is 5.56 Å². The number of aliphatic hydroxyl groups is 1. The molecule has 0 aliphatic carbocycles. The van der Waals surface area contributed by atoms with E-state index in [-0.39, 0.29) is 11.7 Å². The lowest BCUT2D eigenvalue weighted by molar-refractivity contribution is -0.0276. The number of nitrogens with zero attached hydrogens (tertiary/aromatic N) is 3. The van der Waals surface area contributed by atoms with Gasteiger partial charge in [-0.25, -0.2) is 0 Å². The van der Waals surface area contributed by atoms with Gasteiger partial charge in [-0.15, -0.1) is 0 Å². The molecule has 188 valence electrons. The van der Waals surface area contributed by atoms with Crippen LogP contribution in [0.2, 0.25) is 0 Å². The summed E-state index contributed by atoms with van der Waals surface area (Å²) in [6.45, 7) is 2.39. The maximum atomic E-state index is 12.8. The molecule has 1 amide bonds. The fourth-order valence-corrected chi connectivity index (χ4v) is 4.73. The molecule has 0 radical (unpaired) electrons. The van der Waals surface area contributed by atoms with E-state index in [4.69, 9.17) is 13.9 Å². The van der Waals surface area contributed by atoms with Crippen molar-refractivity contribution in [3.63, 3.8) is 0 Å². The van der Waals surface area contributed by atoms with Gasteiger partial charge in [0.1, 0.15) is 5.58 Å². The number of carbonyl (C=O) groups excluding carboxylic acids is 1. The predicted molar refractivity (Wildman–Crippen MR) is 135 cm³/mol. The molecule has 2 aromatic heterocycles. The van der Waals surface area contributed by atoms with E-state index in [1.807, 2.05) is 37.6 Å². The number of hydrogen-bond acceptors (Lipinski definition) is 7. The van der Waals surface area contributed by atoms with Gasteiger partial charge in [-0.3, -0.25) is 14.4 Å². The minimum Gasteiger partial charge on any atom is -0.493 e. The first kappa shape index (κ1) is 23.9. The van der Waals surface area contributed by atoms with Crippen molar-refractivity contribution in [1.82, 2.24) is 14.7 Å². The number of anilines is 1. The molecule has 1 aliphatic rings. The molecule has 1 fully saturated rings. The molecule has 0 bridgehead atoms. The van der Waals surface area contributed by atoms with Crippen LogP contribution in [0.1, 0.15) is 34.5 Å². The van der Waals surface area contributed by atoms with Gasteiger partial charge in [0.05, 0.1) is 26.0 Å². The summed E-state index contributed by atoms with van der Waals surface area (Å²) in [4.78, 5) is 15.2. The molecule has 9 nitrogen and oxygen atoms in total. The molecule has 1 saturated heterocycles. The van der Waals surface area contributed by atoms with Crippen molar-refractivity contribution in [2.24, 2.45) is 7.05 Å². The van der Waals surface area contributed by atoms with Gasteiger partial charge in [-0.1, -0.05) is 6.07 Å². The molecule has 9 heteroatoms. The van der Waals surface area contributed by atoms with Gasteiger partial charge in [-0.05, 0) is 48.7 Å². The first-order valence-corrected chi connectivity index (χ1v) is 11.9. The Kier molecular flexibility index (Phi) is 6.42. The Labute approximate surface area is 209 Å². The third kappa shape index (κ3) is 4.80. The Hall–Kier alpha value is -3.82. The number of aryl methyl sites for hydroxylation is 1. The van der Waals surface area contributed by atoms with Crippen molar-refractivity contribution < 1.29 is 23.8 Å². The Balaban J connectivity index is 1.28. The van der Waals surface area contributed by atoms with Crippen molar-refractivity contribution in [2.45, 2.75) is 25.0 Å². The molecular formula is C27H30N4O5. The van der Waals surface area contributed by atoms with E-state index in [9.17, 15) is 9.90 Å². The summed E-state index contributed by atoms with van der Waals surface area (Å²) in [5, 5.41) is 19.3. The standard InChI is InChI=1S/C27H30N4O5/c1-30-16-18(15-28-30)17-31-10-8-27(33,9-11-31)20-4-6-22-19(12-20)13-25(36-22)26(32)29-21-5-7-23(34-2)24(14-21)35-3/h4-7,12-16,33H,8-11,17H2,1-3H3,(H,29,32). The molecule has 0 atom stereocenters. The van der Waals surface area contributed by atoms with Crippen LogP contribution in [0.4, 0.5) is 5.69 Å². The topological polar surface area (TPSA) is 102 Å². The van der Waals surface area contributed by atoms with E-state index < -0.39 is 5.60 Å². The Morgan fingerprint density at radius 1 is 1.11 bits per heavy atom. The zero-order chi connectivity index (χ0) is 25.3. The normalized spacial score (nSPS) is 15.7. The summed E-state index contributed by atoms with van der Waals surface area (Å²) in [7, 11) is 5.01. The second-order valence-electron chi connectivity index (χ2n) is 9.22. The first-order valence-electron chi connectivity index (χ1n) is 11.9. The highest BCUT2D eigenvalue weighted by Gasteiger charge is 2.34. The Morgan fingerprint density at radius 2 is 1.89 bits per heavy atom. The smallest absolute Gasteiger partial charge is 0.291 e. The second-order valence-corrected chi connectivity index (χ2v) is 9.22. The summed E-state index contributed by atoms with van der Waals surface area (Å²) in [5.74, 6) is 0.912. The number of carbonyl (C=O) groups is 1. The summed E-state index contributed by atoms with van der Waals surface area (Å²) >= 11 is 0. The number of nitrogens with one attached hydrogen (secondary N) is 1. The van der Waals surface area contributed by atoms with Crippen LogP contribution in [0.15, 0.2) is 59.3 Å². The highest BCUT2D eigenvalue weighted by Crippen LogP contribution is 2.36. The van der Waals surface area contributed by atoms with Gasteiger partial charge < -0.3 is 24.3 Å². The highest BCUT2D eigenvalue weighted by molar-refractivity contribution is 6.04. The van der Waals surface area contributed by atoms with Gasteiger partial charge >= 0.3 is 0 Å². The maximum Gasteiger partial charge on any atom is 0.291 e. The van der Waals surface area contributed by atoms with Gasteiger partial charge in [-0.2, -0.15) is 5.10 Å². The molecular weight excluding hydrogens is 460 g/mol. The largest absolute Gasteiger partial charge is 0.493 e. The number of ether oxygens (including phenoxy) is 2. The highest BCUT2D eigenvalue weighted by atomic mass is 16.5. The second kappa shape index (κ2) is 9.67. The summed E-state index contributed by atoms with van der Waals surface area (Å²) in [5.41, 5.74) is 2.24. The third-order valence-corrected chi connectivity index (χ3v) is 6.77. The summed E-state index contributed by atoms with van der Waals surface area (Å²) in [6.07, 6.45) is 5.16. The minimum atomic E-state index is -0.918. The van der Waals surface area contributed by atoms with Gasteiger partial charge in [0, 0.05) is 55.6 Å². The number of aromatic nitrogens is 2. The minimum absolute atomic E-state index is 0.190. The van der Waals surface area contributed by atoms with Crippen molar-refractivity contribution in [3.8, 4) is 11.5 Å². The SMILES string of the molecule is COc1ccc(NC(=O)c2cc3cc(C4(O)CCN(Cc5cnn(C)c5)CC4)ccc3o2)cc1OC. The van der Waals surface area contributed by atoms with Crippen LogP contribution in [-0.2, 0) is 19.2 Å². The summed E-state index contributed by atoms with van der Waals surface area (Å²) in [6, 6.07) is 12.5. The zero-order valence-electron chi connectivity index (χ0n) is 20.7. The number of likely N-dealkylation sites (tertiary alicyclic amines) is 1. The van der Waals surface area contributed by atoms with Gasteiger partial charge in [0.25, 0.3) is 5.91 Å². The van der Waals surface area contributed by atoms with Crippen molar-refractivity contribution in [3.05, 3.63) is 71.7 Å². The third-order valence-electron chi connectivity index (χ3n) is 6.77. The molecule has 0 spiro atoms. The molecule has 2 aromatic carbocycles. The number of hydrogen-bond donors (Lipinski definition) is 2. The summed E-state index contributed by atoms with van der Waals surface area (Å²) < 4.78 is 18.1. The fraction of sp³-hybridized carbons (Fsp3) is 0.333. The van der Waals surface area contributed by atoms with Crippen molar-refractivity contribution in [2.75, 3.05) is 32.6 Å². The lowest BCUT2D eigenvalue weighted by atomic mass is 9.84. The fourth-order valence-electron chi connectivity index (χ4n) is 4.73. The molecule has 1 aliphatic heterocycles.